The highest BCUT2D eigenvalue weighted by molar-refractivity contribution is 5.58. The molecular weight excluding hydrogens is 278 g/mol. The first-order valence-electron chi connectivity index (χ1n) is 8.41. The lowest BCUT2D eigenvalue weighted by molar-refractivity contribution is 0.0323. The molecule has 1 N–H and O–H groups in total. The topological polar surface area (TPSA) is 37.0 Å². The summed E-state index contributed by atoms with van der Waals surface area (Å²) in [6, 6.07) is 8.43. The van der Waals surface area contributed by atoms with Crippen molar-refractivity contribution in [2.24, 2.45) is 0 Å². The Balaban J connectivity index is 1.55. The Kier molecular flexibility index (Phi) is 5.93. The molecule has 22 heavy (non-hydrogen) atoms. The van der Waals surface area contributed by atoms with Gasteiger partial charge in [-0.1, -0.05) is 12.1 Å². The minimum atomic E-state index is 0.739. The molecule has 0 bridgehead atoms. The van der Waals surface area contributed by atoms with Crippen molar-refractivity contribution in [1.29, 1.82) is 0 Å². The van der Waals surface area contributed by atoms with Crippen LogP contribution >= 0.6 is 0 Å². The van der Waals surface area contributed by atoms with Gasteiger partial charge >= 0.3 is 0 Å². The summed E-state index contributed by atoms with van der Waals surface area (Å²) in [5, 5.41) is 3.45. The van der Waals surface area contributed by atoms with E-state index in [1.165, 1.54) is 12.1 Å². The van der Waals surface area contributed by atoms with Crippen LogP contribution in [0, 0.1) is 0 Å². The van der Waals surface area contributed by atoms with E-state index in [2.05, 4.69) is 39.4 Å². The highest BCUT2D eigenvalue weighted by Crippen LogP contribution is 2.28. The lowest BCUT2D eigenvalue weighted by atomic mass is 10.2. The summed E-state index contributed by atoms with van der Waals surface area (Å²) in [7, 11) is 0. The van der Waals surface area contributed by atoms with E-state index in [4.69, 9.17) is 9.47 Å². The Morgan fingerprint density at radius 1 is 1.05 bits per heavy atom. The van der Waals surface area contributed by atoms with Crippen molar-refractivity contribution < 1.29 is 9.47 Å². The van der Waals surface area contributed by atoms with Crippen molar-refractivity contribution in [2.45, 2.75) is 6.42 Å². The third-order valence-corrected chi connectivity index (χ3v) is 4.31. The van der Waals surface area contributed by atoms with Crippen LogP contribution in [0.5, 0.6) is 5.75 Å². The molecule has 0 saturated carbocycles. The van der Waals surface area contributed by atoms with Crippen LogP contribution in [-0.2, 0) is 4.74 Å². The van der Waals surface area contributed by atoms with Gasteiger partial charge in [0.15, 0.2) is 0 Å². The zero-order valence-corrected chi connectivity index (χ0v) is 13.3. The fraction of sp³-hybridized carbons (Fsp3) is 0.647. The zero-order valence-electron chi connectivity index (χ0n) is 13.3. The third kappa shape index (κ3) is 4.35. The molecule has 2 aliphatic rings. The lowest BCUT2D eigenvalue weighted by Crippen LogP contribution is -2.38. The number of anilines is 1. The first kappa shape index (κ1) is 15.6. The van der Waals surface area contributed by atoms with Gasteiger partial charge < -0.3 is 19.7 Å². The minimum Gasteiger partial charge on any atom is -0.490 e. The van der Waals surface area contributed by atoms with Gasteiger partial charge in [-0.25, -0.2) is 0 Å². The Bertz CT molecular complexity index is 441. The normalized spacial score (nSPS) is 20.6. The summed E-state index contributed by atoms with van der Waals surface area (Å²) in [5.41, 5.74) is 1.23. The molecule has 0 unspecified atom stereocenters. The maximum atomic E-state index is 6.09. The fourth-order valence-electron chi connectivity index (χ4n) is 3.04. The van der Waals surface area contributed by atoms with Crippen molar-refractivity contribution in [1.82, 2.24) is 10.2 Å². The molecule has 1 aromatic rings. The van der Waals surface area contributed by atoms with E-state index >= 15 is 0 Å². The van der Waals surface area contributed by atoms with Crippen LogP contribution in [0.3, 0.4) is 0 Å². The number of benzene rings is 1. The first-order valence-corrected chi connectivity index (χ1v) is 8.41. The van der Waals surface area contributed by atoms with Crippen LogP contribution < -0.4 is 15.0 Å². The van der Waals surface area contributed by atoms with Gasteiger partial charge in [-0.3, -0.25) is 4.90 Å². The number of nitrogens with one attached hydrogen (secondary N) is 1. The molecule has 2 saturated heterocycles. The summed E-state index contributed by atoms with van der Waals surface area (Å²) in [6.07, 6.45) is 1.18. The smallest absolute Gasteiger partial charge is 0.142 e. The number of hydrogen-bond donors (Lipinski definition) is 1. The number of rotatable bonds is 5. The largest absolute Gasteiger partial charge is 0.490 e. The van der Waals surface area contributed by atoms with Gasteiger partial charge in [0.2, 0.25) is 0 Å². The van der Waals surface area contributed by atoms with E-state index in [1.54, 1.807) is 0 Å². The molecule has 0 aromatic heterocycles. The summed E-state index contributed by atoms with van der Waals surface area (Å²) in [4.78, 5) is 4.84. The van der Waals surface area contributed by atoms with Gasteiger partial charge in [-0.2, -0.15) is 0 Å². The number of ether oxygens (including phenoxy) is 2. The zero-order chi connectivity index (χ0) is 15.0. The van der Waals surface area contributed by atoms with E-state index in [9.17, 15) is 0 Å². The standard InChI is InChI=1S/C17H27N3O2/c1-2-5-17(22-15-12-19-10-13-21-14-11-19)16(4-1)20-8-3-6-18-7-9-20/h1-2,4-5,18H,3,6-15H2. The van der Waals surface area contributed by atoms with E-state index in [-0.39, 0.29) is 0 Å². The predicted molar refractivity (Wildman–Crippen MR) is 88.9 cm³/mol. The van der Waals surface area contributed by atoms with Gasteiger partial charge in [0.25, 0.3) is 0 Å². The molecule has 0 spiro atoms. The van der Waals surface area contributed by atoms with Crippen LogP contribution in [0.2, 0.25) is 0 Å². The molecule has 3 rings (SSSR count). The number of para-hydroxylation sites is 2. The molecule has 5 heteroatoms. The van der Waals surface area contributed by atoms with Crippen LogP contribution in [0.15, 0.2) is 24.3 Å². The van der Waals surface area contributed by atoms with Crippen molar-refractivity contribution in [3.63, 3.8) is 0 Å². The maximum Gasteiger partial charge on any atom is 0.142 e. The second-order valence-corrected chi connectivity index (χ2v) is 5.86. The molecule has 2 heterocycles. The monoisotopic (exact) mass is 305 g/mol. The Morgan fingerprint density at radius 3 is 2.82 bits per heavy atom. The molecule has 1 aromatic carbocycles. The molecular formula is C17H27N3O2. The Hall–Kier alpha value is -1.30. The van der Waals surface area contributed by atoms with E-state index in [0.717, 1.165) is 71.4 Å². The predicted octanol–water partition coefficient (Wildman–Crippen LogP) is 1.20. The number of morpholine rings is 1. The van der Waals surface area contributed by atoms with Gasteiger partial charge in [-0.15, -0.1) is 0 Å². The second-order valence-electron chi connectivity index (χ2n) is 5.86. The quantitative estimate of drug-likeness (QED) is 0.885. The summed E-state index contributed by atoms with van der Waals surface area (Å²) in [6.45, 7) is 9.72. The van der Waals surface area contributed by atoms with Crippen molar-refractivity contribution in [3.8, 4) is 5.75 Å². The van der Waals surface area contributed by atoms with Crippen LogP contribution in [0.25, 0.3) is 0 Å². The van der Waals surface area contributed by atoms with E-state index in [0.29, 0.717) is 0 Å². The molecule has 0 aliphatic carbocycles. The molecule has 0 amide bonds. The van der Waals surface area contributed by atoms with Crippen LogP contribution in [0.4, 0.5) is 5.69 Å². The highest BCUT2D eigenvalue weighted by atomic mass is 16.5. The van der Waals surface area contributed by atoms with Crippen molar-refractivity contribution >= 4 is 5.69 Å². The van der Waals surface area contributed by atoms with E-state index < -0.39 is 0 Å². The van der Waals surface area contributed by atoms with Gasteiger partial charge in [0, 0.05) is 39.3 Å². The molecule has 2 fully saturated rings. The van der Waals surface area contributed by atoms with Crippen LogP contribution in [-0.4, -0.2) is 70.5 Å². The summed E-state index contributed by atoms with van der Waals surface area (Å²) in [5.74, 6) is 1.01. The maximum absolute atomic E-state index is 6.09. The van der Waals surface area contributed by atoms with Gasteiger partial charge in [-0.05, 0) is 25.1 Å². The van der Waals surface area contributed by atoms with Crippen molar-refractivity contribution in [3.05, 3.63) is 24.3 Å². The Morgan fingerprint density at radius 2 is 1.91 bits per heavy atom. The first-order chi connectivity index (χ1) is 10.9. The molecule has 0 radical (unpaired) electrons. The van der Waals surface area contributed by atoms with Crippen LogP contribution in [0.1, 0.15) is 6.42 Å². The second kappa shape index (κ2) is 8.36. The summed E-state index contributed by atoms with van der Waals surface area (Å²) < 4.78 is 11.5. The minimum absolute atomic E-state index is 0.739. The lowest BCUT2D eigenvalue weighted by Gasteiger charge is -2.28. The molecule has 2 aliphatic heterocycles. The SMILES string of the molecule is c1ccc(N2CCCNCC2)c(OCCN2CCOCC2)c1. The van der Waals surface area contributed by atoms with Gasteiger partial charge in [0.05, 0.1) is 18.9 Å². The third-order valence-electron chi connectivity index (χ3n) is 4.31. The highest BCUT2D eigenvalue weighted by Gasteiger charge is 2.14. The molecule has 5 nitrogen and oxygen atoms in total. The van der Waals surface area contributed by atoms with Crippen molar-refractivity contribution in [2.75, 3.05) is 70.5 Å². The average Bonchev–Trinajstić information content (AvgIpc) is 2.86. The summed E-state index contributed by atoms with van der Waals surface area (Å²) >= 11 is 0. The average molecular weight is 305 g/mol. The molecule has 0 atom stereocenters. The number of nitrogens with zero attached hydrogens (tertiary/aromatic N) is 2. The Labute approximate surface area is 133 Å². The fourth-order valence-corrected chi connectivity index (χ4v) is 3.04. The van der Waals surface area contributed by atoms with Gasteiger partial charge in [0.1, 0.15) is 12.4 Å². The molecule has 122 valence electrons. The van der Waals surface area contributed by atoms with E-state index in [1.807, 2.05) is 0 Å². The number of hydrogen-bond acceptors (Lipinski definition) is 5.